The minimum atomic E-state index is -0.588. The van der Waals surface area contributed by atoms with Gasteiger partial charge in [-0.15, -0.1) is 0 Å². The second kappa shape index (κ2) is 10.1. The van der Waals surface area contributed by atoms with Crippen molar-refractivity contribution in [2.45, 2.75) is 45.4 Å². The van der Waals surface area contributed by atoms with Gasteiger partial charge in [0.15, 0.2) is 0 Å². The summed E-state index contributed by atoms with van der Waals surface area (Å²) in [6.07, 6.45) is 6.54. The fourth-order valence-electron chi connectivity index (χ4n) is 4.94. The monoisotopic (exact) mass is 436 g/mol. The molecular formula is C26H32N2O4. The number of carbonyl (C=O) groups is 2. The summed E-state index contributed by atoms with van der Waals surface area (Å²) in [5.41, 5.74) is 2.21. The zero-order chi connectivity index (χ0) is 22.5. The van der Waals surface area contributed by atoms with E-state index in [2.05, 4.69) is 12.2 Å². The normalized spacial score (nSPS) is 20.2. The fourth-order valence-corrected chi connectivity index (χ4v) is 4.94. The zero-order valence-electron chi connectivity index (χ0n) is 18.9. The lowest BCUT2D eigenvalue weighted by Gasteiger charge is -2.41. The highest BCUT2D eigenvalue weighted by Gasteiger charge is 2.33. The number of piperidine rings is 1. The summed E-state index contributed by atoms with van der Waals surface area (Å²) in [6, 6.07) is 12.5. The third-order valence-electron chi connectivity index (χ3n) is 6.80. The molecule has 1 saturated heterocycles. The molecule has 1 heterocycles. The molecule has 2 atom stereocenters. The number of rotatable bonds is 5. The molecule has 0 bridgehead atoms. The average Bonchev–Trinajstić information content (AvgIpc) is 2.83. The van der Waals surface area contributed by atoms with Gasteiger partial charge in [0, 0.05) is 24.8 Å². The number of carbonyl (C=O) groups excluding carboxylic acids is 2. The predicted molar refractivity (Wildman–Crippen MR) is 124 cm³/mol. The lowest BCUT2D eigenvalue weighted by molar-refractivity contribution is 0.0518. The standard InChI is InChI=1S/C26H32N2O4/c1-3-18-8-11-22(12-9-18)32-26(30)27-21-10-13-23(24(16-21)31-2)25(29)28-15-14-19-6-4-5-7-20(19)17-28/h8-13,16,19-20H,3-7,14-15,17H2,1-2H3,(H,27,30)/t19-,20?/m1/s1. The lowest BCUT2D eigenvalue weighted by atomic mass is 9.75. The molecule has 6 heteroatoms. The maximum absolute atomic E-state index is 13.2. The van der Waals surface area contributed by atoms with E-state index in [1.54, 1.807) is 30.3 Å². The number of fused-ring (bicyclic) bond motifs is 1. The second-order valence-electron chi connectivity index (χ2n) is 8.77. The summed E-state index contributed by atoms with van der Waals surface area (Å²) in [6.45, 7) is 3.70. The van der Waals surface area contributed by atoms with Crippen LogP contribution < -0.4 is 14.8 Å². The van der Waals surface area contributed by atoms with Crippen LogP contribution in [-0.2, 0) is 6.42 Å². The topological polar surface area (TPSA) is 67.9 Å². The first-order valence-electron chi connectivity index (χ1n) is 11.6. The molecule has 2 amide bonds. The van der Waals surface area contributed by atoms with Gasteiger partial charge in [0.1, 0.15) is 11.5 Å². The van der Waals surface area contributed by atoms with Crippen LogP contribution in [-0.4, -0.2) is 37.1 Å². The van der Waals surface area contributed by atoms with Gasteiger partial charge in [0.25, 0.3) is 5.91 Å². The van der Waals surface area contributed by atoms with Crippen LogP contribution >= 0.6 is 0 Å². The molecule has 1 aliphatic carbocycles. The van der Waals surface area contributed by atoms with Crippen LogP contribution in [0.5, 0.6) is 11.5 Å². The molecule has 2 fully saturated rings. The van der Waals surface area contributed by atoms with Crippen LogP contribution in [0.15, 0.2) is 42.5 Å². The largest absolute Gasteiger partial charge is 0.496 e. The molecule has 0 aromatic heterocycles. The quantitative estimate of drug-likeness (QED) is 0.670. The highest BCUT2D eigenvalue weighted by atomic mass is 16.6. The second-order valence-corrected chi connectivity index (χ2v) is 8.77. The van der Waals surface area contributed by atoms with E-state index in [0.717, 1.165) is 31.8 Å². The van der Waals surface area contributed by atoms with Gasteiger partial charge in [-0.25, -0.2) is 4.79 Å². The number of ether oxygens (including phenoxy) is 2. The van der Waals surface area contributed by atoms with E-state index in [0.29, 0.717) is 28.7 Å². The number of amides is 2. The molecule has 32 heavy (non-hydrogen) atoms. The number of methoxy groups -OCH3 is 1. The van der Waals surface area contributed by atoms with Gasteiger partial charge in [-0.3, -0.25) is 10.1 Å². The SMILES string of the molecule is CCc1ccc(OC(=O)Nc2ccc(C(=O)N3CC[C@H]4CCCCC4C3)c(OC)c2)cc1. The van der Waals surface area contributed by atoms with Crippen molar-refractivity contribution in [1.82, 2.24) is 4.90 Å². The Morgan fingerprint density at radius 2 is 1.78 bits per heavy atom. The number of benzene rings is 2. The first-order chi connectivity index (χ1) is 15.6. The molecule has 2 aromatic rings. The first kappa shape index (κ1) is 22.2. The Labute approximate surface area is 189 Å². The number of anilines is 1. The summed E-state index contributed by atoms with van der Waals surface area (Å²) < 4.78 is 10.8. The Bertz CT molecular complexity index is 957. The molecule has 4 rings (SSSR count). The van der Waals surface area contributed by atoms with Crippen LogP contribution in [0.25, 0.3) is 0 Å². The molecule has 2 aliphatic rings. The smallest absolute Gasteiger partial charge is 0.417 e. The molecular weight excluding hydrogens is 404 g/mol. The maximum Gasteiger partial charge on any atom is 0.417 e. The van der Waals surface area contributed by atoms with Crippen molar-refractivity contribution in [2.24, 2.45) is 11.8 Å². The van der Waals surface area contributed by atoms with Crippen molar-refractivity contribution in [1.29, 1.82) is 0 Å². The van der Waals surface area contributed by atoms with Gasteiger partial charge in [-0.1, -0.05) is 38.3 Å². The van der Waals surface area contributed by atoms with Crippen molar-refractivity contribution in [3.63, 3.8) is 0 Å². The van der Waals surface area contributed by atoms with Crippen molar-refractivity contribution in [3.05, 3.63) is 53.6 Å². The van der Waals surface area contributed by atoms with E-state index in [1.807, 2.05) is 17.0 Å². The molecule has 0 spiro atoms. The van der Waals surface area contributed by atoms with E-state index in [4.69, 9.17) is 9.47 Å². The molecule has 2 aromatic carbocycles. The Morgan fingerprint density at radius 3 is 2.50 bits per heavy atom. The number of hydrogen-bond acceptors (Lipinski definition) is 4. The van der Waals surface area contributed by atoms with Crippen LogP contribution in [0.3, 0.4) is 0 Å². The van der Waals surface area contributed by atoms with E-state index < -0.39 is 6.09 Å². The number of nitrogens with one attached hydrogen (secondary N) is 1. The Balaban J connectivity index is 1.40. The average molecular weight is 437 g/mol. The summed E-state index contributed by atoms with van der Waals surface area (Å²) in [5, 5.41) is 2.71. The van der Waals surface area contributed by atoms with Crippen molar-refractivity contribution in [3.8, 4) is 11.5 Å². The Hall–Kier alpha value is -3.02. The van der Waals surface area contributed by atoms with Crippen molar-refractivity contribution >= 4 is 17.7 Å². The van der Waals surface area contributed by atoms with E-state index in [-0.39, 0.29) is 5.91 Å². The van der Waals surface area contributed by atoms with Crippen LogP contribution in [0, 0.1) is 11.8 Å². The van der Waals surface area contributed by atoms with Crippen LogP contribution in [0.4, 0.5) is 10.5 Å². The van der Waals surface area contributed by atoms with Crippen molar-refractivity contribution < 1.29 is 19.1 Å². The van der Waals surface area contributed by atoms with E-state index in [9.17, 15) is 9.59 Å². The van der Waals surface area contributed by atoms with E-state index >= 15 is 0 Å². The Kier molecular flexibility index (Phi) is 6.98. The molecule has 1 unspecified atom stereocenters. The van der Waals surface area contributed by atoms with Gasteiger partial charge >= 0.3 is 6.09 Å². The third-order valence-corrected chi connectivity index (χ3v) is 6.80. The van der Waals surface area contributed by atoms with Gasteiger partial charge in [-0.05, 0) is 60.9 Å². The number of nitrogens with zero attached hydrogens (tertiary/aromatic N) is 1. The summed E-state index contributed by atoms with van der Waals surface area (Å²) >= 11 is 0. The first-order valence-corrected chi connectivity index (χ1v) is 11.6. The zero-order valence-corrected chi connectivity index (χ0v) is 18.9. The number of aryl methyl sites for hydroxylation is 1. The van der Waals surface area contributed by atoms with Crippen molar-refractivity contribution in [2.75, 3.05) is 25.5 Å². The highest BCUT2D eigenvalue weighted by molar-refractivity contribution is 5.98. The maximum atomic E-state index is 13.2. The van der Waals surface area contributed by atoms with Gasteiger partial charge in [-0.2, -0.15) is 0 Å². The number of likely N-dealkylation sites (tertiary alicyclic amines) is 1. The summed E-state index contributed by atoms with van der Waals surface area (Å²) in [7, 11) is 1.54. The number of hydrogen-bond donors (Lipinski definition) is 1. The Morgan fingerprint density at radius 1 is 1.03 bits per heavy atom. The molecule has 6 nitrogen and oxygen atoms in total. The highest BCUT2D eigenvalue weighted by Crippen LogP contribution is 2.37. The minimum absolute atomic E-state index is 0.00369. The van der Waals surface area contributed by atoms with Gasteiger partial charge in [0.2, 0.25) is 0 Å². The summed E-state index contributed by atoms with van der Waals surface area (Å²) in [5.74, 6) is 2.31. The minimum Gasteiger partial charge on any atom is -0.496 e. The lowest BCUT2D eigenvalue weighted by Crippen LogP contribution is -2.44. The third kappa shape index (κ3) is 5.06. The molecule has 1 N–H and O–H groups in total. The van der Waals surface area contributed by atoms with Crippen LogP contribution in [0.1, 0.15) is 54.9 Å². The van der Waals surface area contributed by atoms with Crippen LogP contribution in [0.2, 0.25) is 0 Å². The van der Waals surface area contributed by atoms with Gasteiger partial charge in [0.05, 0.1) is 12.7 Å². The molecule has 1 aliphatic heterocycles. The van der Waals surface area contributed by atoms with Gasteiger partial charge < -0.3 is 14.4 Å². The van der Waals surface area contributed by atoms with E-state index in [1.165, 1.54) is 38.4 Å². The summed E-state index contributed by atoms with van der Waals surface area (Å²) in [4.78, 5) is 27.5. The molecule has 1 saturated carbocycles. The molecule has 170 valence electrons. The molecule has 0 radical (unpaired) electrons. The predicted octanol–water partition coefficient (Wildman–Crippen LogP) is 5.52. The fraction of sp³-hybridized carbons (Fsp3) is 0.462.